The Kier molecular flexibility index (Phi) is 6.07. The molecule has 0 N–H and O–H groups in total. The van der Waals surface area contributed by atoms with Gasteiger partial charge in [0, 0.05) is 19.2 Å². The number of aryl methyl sites for hydroxylation is 1. The van der Waals surface area contributed by atoms with Crippen LogP contribution in [0.1, 0.15) is 17.0 Å². The monoisotopic (exact) mass is 417 g/mol. The van der Waals surface area contributed by atoms with Crippen LogP contribution in [-0.4, -0.2) is 42.2 Å². The number of hydrogen-bond acceptors (Lipinski definition) is 6. The van der Waals surface area contributed by atoms with Gasteiger partial charge in [0.1, 0.15) is 17.3 Å². The maximum atomic E-state index is 13.3. The maximum absolute atomic E-state index is 13.3. The van der Waals surface area contributed by atoms with E-state index in [1.807, 2.05) is 31.2 Å². The van der Waals surface area contributed by atoms with E-state index in [4.69, 9.17) is 4.52 Å². The van der Waals surface area contributed by atoms with Crippen LogP contribution in [0.3, 0.4) is 0 Å². The molecule has 1 amide bonds. The summed E-state index contributed by atoms with van der Waals surface area (Å²) in [5.74, 6) is -2.07. The van der Waals surface area contributed by atoms with Gasteiger partial charge in [-0.1, -0.05) is 47.1 Å². The van der Waals surface area contributed by atoms with Crippen molar-refractivity contribution in [2.75, 3.05) is 12.8 Å². The molecule has 0 atom stereocenters. The van der Waals surface area contributed by atoms with Crippen molar-refractivity contribution in [3.63, 3.8) is 0 Å². The minimum Gasteiger partial charge on any atom is -0.341 e. The Bertz CT molecular complexity index is 1110. The van der Waals surface area contributed by atoms with E-state index in [-0.39, 0.29) is 18.3 Å². The molecule has 0 fully saturated rings. The molecular weight excluding hydrogens is 397 g/mol. The fourth-order valence-corrected chi connectivity index (χ4v) is 3.86. The number of hydrogen-bond donors (Lipinski definition) is 0. The molecule has 2 aromatic carbocycles. The molecule has 3 rings (SSSR count). The number of benzene rings is 2. The Morgan fingerprint density at radius 1 is 1.17 bits per heavy atom. The summed E-state index contributed by atoms with van der Waals surface area (Å²) in [4.78, 5) is 17.6. The van der Waals surface area contributed by atoms with Gasteiger partial charge in [-0.05, 0) is 24.6 Å². The highest BCUT2D eigenvalue weighted by molar-refractivity contribution is 7.91. The first-order valence-corrected chi connectivity index (χ1v) is 10.6. The summed E-state index contributed by atoms with van der Waals surface area (Å²) in [7, 11) is -2.35. The Hall–Kier alpha value is -3.07. The van der Waals surface area contributed by atoms with Crippen LogP contribution in [0.5, 0.6) is 0 Å². The van der Waals surface area contributed by atoms with Gasteiger partial charge >= 0.3 is 0 Å². The molecule has 0 aliphatic rings. The molecule has 29 heavy (non-hydrogen) atoms. The number of nitrogens with zero attached hydrogens (tertiary/aromatic N) is 3. The normalized spacial score (nSPS) is 11.4. The third-order valence-corrected chi connectivity index (χ3v) is 5.57. The van der Waals surface area contributed by atoms with Gasteiger partial charge < -0.3 is 9.42 Å². The molecule has 0 aliphatic carbocycles. The zero-order valence-corrected chi connectivity index (χ0v) is 16.8. The number of carbonyl (C=O) groups excluding carboxylic acids is 1. The number of sulfone groups is 1. The summed E-state index contributed by atoms with van der Waals surface area (Å²) in [6, 6.07) is 13.2. The lowest BCUT2D eigenvalue weighted by Gasteiger charge is -2.17. The van der Waals surface area contributed by atoms with Crippen molar-refractivity contribution in [3.8, 4) is 11.4 Å². The summed E-state index contributed by atoms with van der Waals surface area (Å²) in [6.07, 6.45) is 0. The molecule has 0 saturated heterocycles. The van der Waals surface area contributed by atoms with Gasteiger partial charge in [-0.2, -0.15) is 4.98 Å². The zero-order chi connectivity index (χ0) is 21.0. The average molecular weight is 417 g/mol. The van der Waals surface area contributed by atoms with E-state index in [0.717, 1.165) is 5.56 Å². The van der Waals surface area contributed by atoms with Crippen molar-refractivity contribution in [1.29, 1.82) is 0 Å². The van der Waals surface area contributed by atoms with Gasteiger partial charge in [-0.15, -0.1) is 0 Å². The number of rotatable bonds is 7. The van der Waals surface area contributed by atoms with Crippen LogP contribution < -0.4 is 0 Å². The van der Waals surface area contributed by atoms with Crippen LogP contribution in [-0.2, 0) is 26.9 Å². The highest BCUT2D eigenvalue weighted by Gasteiger charge is 2.23. The van der Waals surface area contributed by atoms with Gasteiger partial charge in [0.2, 0.25) is 17.6 Å². The Morgan fingerprint density at radius 2 is 1.90 bits per heavy atom. The molecule has 9 heteroatoms. The van der Waals surface area contributed by atoms with Crippen LogP contribution in [0, 0.1) is 12.7 Å². The second-order valence-corrected chi connectivity index (χ2v) is 8.85. The molecule has 3 aromatic rings. The van der Waals surface area contributed by atoms with Crippen LogP contribution in [0.25, 0.3) is 11.4 Å². The predicted molar refractivity (Wildman–Crippen MR) is 105 cm³/mol. The van der Waals surface area contributed by atoms with Crippen molar-refractivity contribution in [2.45, 2.75) is 19.2 Å². The van der Waals surface area contributed by atoms with E-state index in [0.29, 0.717) is 11.1 Å². The lowest BCUT2D eigenvalue weighted by Crippen LogP contribution is -2.32. The smallest absolute Gasteiger partial charge is 0.242 e. The van der Waals surface area contributed by atoms with Crippen LogP contribution >= 0.6 is 0 Å². The van der Waals surface area contributed by atoms with E-state index in [1.165, 1.54) is 30.1 Å². The molecule has 0 unspecified atom stereocenters. The zero-order valence-electron chi connectivity index (χ0n) is 16.0. The van der Waals surface area contributed by atoms with Crippen LogP contribution in [0.15, 0.2) is 53.1 Å². The fraction of sp³-hybridized carbons (Fsp3) is 0.250. The summed E-state index contributed by atoms with van der Waals surface area (Å²) < 4.78 is 43.0. The first-order chi connectivity index (χ1) is 13.7. The maximum Gasteiger partial charge on any atom is 0.242 e. The molecule has 0 radical (unpaired) electrons. The second-order valence-electron chi connectivity index (χ2n) is 6.79. The molecule has 152 valence electrons. The fourth-order valence-electron chi connectivity index (χ4n) is 2.67. The number of amides is 1. The van der Waals surface area contributed by atoms with Crippen molar-refractivity contribution >= 4 is 15.7 Å². The molecule has 0 spiro atoms. The van der Waals surface area contributed by atoms with Gasteiger partial charge in [-0.25, -0.2) is 12.8 Å². The van der Waals surface area contributed by atoms with E-state index in [1.54, 1.807) is 6.07 Å². The summed E-state index contributed by atoms with van der Waals surface area (Å²) >= 11 is 0. The molecular formula is C20H20FN3O4S. The van der Waals surface area contributed by atoms with E-state index in [9.17, 15) is 17.6 Å². The number of halogens is 1. The lowest BCUT2D eigenvalue weighted by atomic mass is 10.1. The molecule has 7 nitrogen and oxygen atoms in total. The topological polar surface area (TPSA) is 93.4 Å². The molecule has 1 heterocycles. The van der Waals surface area contributed by atoms with Crippen LogP contribution in [0.2, 0.25) is 0 Å². The van der Waals surface area contributed by atoms with Crippen molar-refractivity contribution in [1.82, 2.24) is 15.0 Å². The largest absolute Gasteiger partial charge is 0.341 e. The summed E-state index contributed by atoms with van der Waals surface area (Å²) in [5.41, 5.74) is 2.34. The van der Waals surface area contributed by atoms with Gasteiger partial charge in [0.25, 0.3) is 0 Å². The summed E-state index contributed by atoms with van der Waals surface area (Å²) in [5, 5.41) is 3.80. The molecule has 0 aliphatic heterocycles. The first kappa shape index (κ1) is 20.7. The van der Waals surface area contributed by atoms with E-state index in [2.05, 4.69) is 10.1 Å². The first-order valence-electron chi connectivity index (χ1n) is 8.80. The minimum absolute atomic E-state index is 0.0823. The highest BCUT2D eigenvalue weighted by Crippen LogP contribution is 2.17. The Morgan fingerprint density at radius 3 is 2.59 bits per heavy atom. The highest BCUT2D eigenvalue weighted by atomic mass is 32.2. The van der Waals surface area contributed by atoms with Gasteiger partial charge in [0.05, 0.1) is 0 Å². The SMILES string of the molecule is Cc1ccc(-c2noc(CS(=O)(=O)CC(=O)N(C)Cc3cccc(F)c3)n2)cc1. The van der Waals surface area contributed by atoms with Crippen LogP contribution in [0.4, 0.5) is 4.39 Å². The Labute approximate surface area is 168 Å². The molecule has 1 aromatic heterocycles. The standard InChI is InChI=1S/C20H20FN3O4S/c1-14-6-8-16(9-7-14)20-22-18(28-23-20)12-29(26,27)13-19(25)24(2)11-15-4-3-5-17(21)10-15/h3-10H,11-13H2,1-2H3. The second kappa shape index (κ2) is 8.52. The van der Waals surface area contributed by atoms with Gasteiger partial charge in [-0.3, -0.25) is 4.79 Å². The summed E-state index contributed by atoms with van der Waals surface area (Å²) in [6.45, 7) is 2.05. The quantitative estimate of drug-likeness (QED) is 0.587. The van der Waals surface area contributed by atoms with E-state index < -0.39 is 33.1 Å². The molecule has 0 bridgehead atoms. The Balaban J connectivity index is 1.62. The van der Waals surface area contributed by atoms with Crippen molar-refractivity contribution < 1.29 is 22.1 Å². The predicted octanol–water partition coefficient (Wildman–Crippen LogP) is 2.76. The third-order valence-electron chi connectivity index (χ3n) is 4.20. The lowest BCUT2D eigenvalue weighted by molar-refractivity contribution is -0.127. The third kappa shape index (κ3) is 5.71. The van der Waals surface area contributed by atoms with E-state index >= 15 is 0 Å². The number of carbonyl (C=O) groups is 1. The minimum atomic E-state index is -3.82. The molecule has 0 saturated carbocycles. The van der Waals surface area contributed by atoms with Crippen molar-refractivity contribution in [3.05, 3.63) is 71.4 Å². The number of aromatic nitrogens is 2. The van der Waals surface area contributed by atoms with Gasteiger partial charge in [0.15, 0.2) is 9.84 Å². The average Bonchev–Trinajstić information content (AvgIpc) is 3.09. The van der Waals surface area contributed by atoms with Crippen molar-refractivity contribution in [2.24, 2.45) is 0 Å².